The first-order valence-electron chi connectivity index (χ1n) is 9.62. The Morgan fingerprint density at radius 3 is 2.17 bits per heavy atom. The Morgan fingerprint density at radius 2 is 1.50 bits per heavy atom. The summed E-state index contributed by atoms with van der Waals surface area (Å²) in [5.74, 6) is -0.514. The van der Waals surface area contributed by atoms with Crippen LogP contribution >= 0.6 is 0 Å². The van der Waals surface area contributed by atoms with Crippen molar-refractivity contribution in [3.8, 4) is 6.07 Å². The molecular weight excluding hydrogens is 376 g/mol. The molecule has 0 atom stereocenters. The fourth-order valence-electron chi connectivity index (χ4n) is 2.87. The summed E-state index contributed by atoms with van der Waals surface area (Å²) in [6.07, 6.45) is 0.936. The van der Waals surface area contributed by atoms with Crippen LogP contribution in [0.25, 0.3) is 0 Å². The minimum Gasteiger partial charge on any atom is -0.376 e. The number of nitrogens with one attached hydrogen (secondary N) is 3. The Hall–Kier alpha value is -4.11. The van der Waals surface area contributed by atoms with Crippen LogP contribution in [-0.4, -0.2) is 18.4 Å². The molecule has 30 heavy (non-hydrogen) atoms. The minimum atomic E-state index is -0.259. The third kappa shape index (κ3) is 5.46. The summed E-state index contributed by atoms with van der Waals surface area (Å²) in [4.78, 5) is 24.9. The molecule has 0 saturated heterocycles. The van der Waals surface area contributed by atoms with Crippen molar-refractivity contribution in [1.29, 1.82) is 5.26 Å². The number of amides is 2. The van der Waals surface area contributed by atoms with Crippen molar-refractivity contribution in [2.45, 2.75) is 13.3 Å². The van der Waals surface area contributed by atoms with E-state index >= 15 is 0 Å². The van der Waals surface area contributed by atoms with Gasteiger partial charge in [-0.3, -0.25) is 9.59 Å². The standard InChI is InChI=1S/C24H22N4O2/c1-2-17-7-11-20(12-8-17)28-24(30)21-5-3-4-6-22(21)26-16-23(29)27-19-13-9-18(15-25)10-14-19/h3-14,26H,2,16H2,1H3,(H,27,29)(H,28,30). The molecule has 3 aromatic carbocycles. The van der Waals surface area contributed by atoms with E-state index in [4.69, 9.17) is 5.26 Å². The van der Waals surface area contributed by atoms with E-state index in [9.17, 15) is 9.59 Å². The van der Waals surface area contributed by atoms with Gasteiger partial charge in [0.2, 0.25) is 5.91 Å². The van der Waals surface area contributed by atoms with Gasteiger partial charge in [0.25, 0.3) is 5.91 Å². The van der Waals surface area contributed by atoms with Crippen molar-refractivity contribution in [1.82, 2.24) is 0 Å². The Bertz CT molecular complexity index is 1070. The topological polar surface area (TPSA) is 94.0 Å². The second-order valence-electron chi connectivity index (χ2n) is 6.64. The fourth-order valence-corrected chi connectivity index (χ4v) is 2.87. The zero-order chi connectivity index (χ0) is 21.3. The zero-order valence-electron chi connectivity index (χ0n) is 16.6. The maximum atomic E-state index is 12.7. The number of aryl methyl sites for hydroxylation is 1. The van der Waals surface area contributed by atoms with Crippen molar-refractivity contribution in [2.75, 3.05) is 22.5 Å². The summed E-state index contributed by atoms with van der Waals surface area (Å²) >= 11 is 0. The maximum absolute atomic E-state index is 12.7. The molecule has 6 heteroatoms. The van der Waals surface area contributed by atoms with Crippen LogP contribution in [0.3, 0.4) is 0 Å². The molecule has 3 rings (SSSR count). The van der Waals surface area contributed by atoms with Gasteiger partial charge in [-0.15, -0.1) is 0 Å². The number of benzene rings is 3. The third-order valence-corrected chi connectivity index (χ3v) is 4.53. The fraction of sp³-hybridized carbons (Fsp3) is 0.125. The van der Waals surface area contributed by atoms with Gasteiger partial charge in [-0.05, 0) is 60.5 Å². The third-order valence-electron chi connectivity index (χ3n) is 4.53. The minimum absolute atomic E-state index is 0.00447. The molecule has 0 unspecified atom stereocenters. The van der Waals surface area contributed by atoms with E-state index in [0.29, 0.717) is 28.2 Å². The summed E-state index contributed by atoms with van der Waals surface area (Å²) in [5.41, 5.74) is 4.05. The monoisotopic (exact) mass is 398 g/mol. The average Bonchev–Trinajstić information content (AvgIpc) is 2.79. The van der Waals surface area contributed by atoms with Crippen LogP contribution < -0.4 is 16.0 Å². The quantitative estimate of drug-likeness (QED) is 0.549. The second kappa shape index (κ2) is 9.89. The summed E-state index contributed by atoms with van der Waals surface area (Å²) < 4.78 is 0. The van der Waals surface area contributed by atoms with Crippen molar-refractivity contribution in [2.24, 2.45) is 0 Å². The molecule has 3 N–H and O–H groups in total. The summed E-state index contributed by atoms with van der Waals surface area (Å²) in [5, 5.41) is 17.5. The van der Waals surface area contributed by atoms with Gasteiger partial charge >= 0.3 is 0 Å². The molecule has 0 aliphatic carbocycles. The Balaban J connectivity index is 1.61. The molecule has 6 nitrogen and oxygen atoms in total. The van der Waals surface area contributed by atoms with E-state index in [2.05, 4.69) is 22.9 Å². The highest BCUT2D eigenvalue weighted by atomic mass is 16.2. The van der Waals surface area contributed by atoms with E-state index < -0.39 is 0 Å². The molecule has 0 aliphatic heterocycles. The van der Waals surface area contributed by atoms with E-state index in [0.717, 1.165) is 6.42 Å². The molecule has 0 radical (unpaired) electrons. The molecular formula is C24H22N4O2. The predicted octanol–water partition coefficient (Wildman–Crippen LogP) is 4.42. The van der Waals surface area contributed by atoms with E-state index in [1.54, 1.807) is 48.5 Å². The molecule has 0 aromatic heterocycles. The molecule has 0 aliphatic rings. The summed E-state index contributed by atoms with van der Waals surface area (Å²) in [6, 6.07) is 23.4. The number of anilines is 3. The van der Waals surface area contributed by atoms with Gasteiger partial charge in [0.05, 0.1) is 23.7 Å². The Kier molecular flexibility index (Phi) is 6.80. The number of hydrogen-bond acceptors (Lipinski definition) is 4. The number of carbonyl (C=O) groups is 2. The van der Waals surface area contributed by atoms with Crippen LogP contribution in [0.4, 0.5) is 17.1 Å². The average molecular weight is 398 g/mol. The lowest BCUT2D eigenvalue weighted by molar-refractivity contribution is -0.114. The van der Waals surface area contributed by atoms with Crippen molar-refractivity contribution >= 4 is 28.9 Å². The van der Waals surface area contributed by atoms with Gasteiger partial charge in [-0.1, -0.05) is 31.2 Å². The van der Waals surface area contributed by atoms with Crippen LogP contribution in [0.1, 0.15) is 28.4 Å². The zero-order valence-corrected chi connectivity index (χ0v) is 16.6. The number of hydrogen-bond donors (Lipinski definition) is 3. The van der Waals surface area contributed by atoms with Crippen molar-refractivity contribution in [3.05, 3.63) is 89.5 Å². The largest absolute Gasteiger partial charge is 0.376 e. The van der Waals surface area contributed by atoms with E-state index in [1.807, 2.05) is 30.3 Å². The van der Waals surface area contributed by atoms with Crippen LogP contribution in [0, 0.1) is 11.3 Å². The second-order valence-corrected chi connectivity index (χ2v) is 6.64. The number of rotatable bonds is 7. The van der Waals surface area contributed by atoms with Gasteiger partial charge in [0.15, 0.2) is 0 Å². The molecule has 0 spiro atoms. The first-order valence-corrected chi connectivity index (χ1v) is 9.62. The lowest BCUT2D eigenvalue weighted by atomic mass is 10.1. The molecule has 0 heterocycles. The van der Waals surface area contributed by atoms with Crippen LogP contribution in [0.15, 0.2) is 72.8 Å². The van der Waals surface area contributed by atoms with E-state index in [-0.39, 0.29) is 18.4 Å². The lowest BCUT2D eigenvalue weighted by Gasteiger charge is -2.13. The highest BCUT2D eigenvalue weighted by Crippen LogP contribution is 2.18. The van der Waals surface area contributed by atoms with Crippen LogP contribution in [0.2, 0.25) is 0 Å². The van der Waals surface area contributed by atoms with Gasteiger partial charge in [-0.2, -0.15) is 5.26 Å². The number of nitriles is 1. The van der Waals surface area contributed by atoms with Gasteiger partial charge in [-0.25, -0.2) is 0 Å². The lowest BCUT2D eigenvalue weighted by Crippen LogP contribution is -2.23. The molecule has 2 amide bonds. The number of para-hydroxylation sites is 1. The smallest absolute Gasteiger partial charge is 0.257 e. The predicted molar refractivity (Wildman–Crippen MR) is 118 cm³/mol. The van der Waals surface area contributed by atoms with Gasteiger partial charge in [0, 0.05) is 17.1 Å². The van der Waals surface area contributed by atoms with Gasteiger partial charge < -0.3 is 16.0 Å². The van der Waals surface area contributed by atoms with Crippen LogP contribution in [0.5, 0.6) is 0 Å². The number of carbonyl (C=O) groups excluding carboxylic acids is 2. The van der Waals surface area contributed by atoms with Crippen molar-refractivity contribution < 1.29 is 9.59 Å². The van der Waals surface area contributed by atoms with E-state index in [1.165, 1.54) is 5.56 Å². The highest BCUT2D eigenvalue weighted by molar-refractivity contribution is 6.08. The molecule has 0 fully saturated rings. The number of nitrogens with zero attached hydrogens (tertiary/aromatic N) is 1. The first-order chi connectivity index (χ1) is 14.6. The summed E-state index contributed by atoms with van der Waals surface area (Å²) in [6.45, 7) is 2.07. The Morgan fingerprint density at radius 1 is 0.867 bits per heavy atom. The molecule has 150 valence electrons. The highest BCUT2D eigenvalue weighted by Gasteiger charge is 2.12. The maximum Gasteiger partial charge on any atom is 0.257 e. The van der Waals surface area contributed by atoms with Crippen molar-refractivity contribution in [3.63, 3.8) is 0 Å². The molecule has 0 saturated carbocycles. The SMILES string of the molecule is CCc1ccc(NC(=O)c2ccccc2NCC(=O)Nc2ccc(C#N)cc2)cc1. The molecule has 0 bridgehead atoms. The Labute approximate surface area is 175 Å². The van der Waals surface area contributed by atoms with Crippen LogP contribution in [-0.2, 0) is 11.2 Å². The normalized spacial score (nSPS) is 10.0. The van der Waals surface area contributed by atoms with Gasteiger partial charge in [0.1, 0.15) is 0 Å². The summed E-state index contributed by atoms with van der Waals surface area (Å²) in [7, 11) is 0. The molecule has 3 aromatic rings. The first kappa shape index (κ1) is 20.6.